The summed E-state index contributed by atoms with van der Waals surface area (Å²) in [6.45, 7) is 2.01. The van der Waals surface area contributed by atoms with Crippen molar-refractivity contribution in [1.82, 2.24) is 0 Å². The van der Waals surface area contributed by atoms with E-state index in [0.29, 0.717) is 11.4 Å². The summed E-state index contributed by atoms with van der Waals surface area (Å²) >= 11 is 0. The minimum Gasteiger partial charge on any atom is -0.493 e. The maximum atomic E-state index is 11.5. The van der Waals surface area contributed by atoms with Gasteiger partial charge in [-0.15, -0.1) is 12.4 Å². The maximum absolute atomic E-state index is 11.5. The van der Waals surface area contributed by atoms with Crippen molar-refractivity contribution in [3.8, 4) is 5.75 Å². The van der Waals surface area contributed by atoms with Gasteiger partial charge in [0.1, 0.15) is 5.75 Å². The molecule has 1 unspecified atom stereocenters. The standard InChI is InChI=1S/C13H19N3O3.ClH/c1-9(14)8-13(18)16-10-2-4-11(5-3-10)19-7-6-12(15)17;/h2-5,9H,6-8,14H2,1H3,(H2,15,17)(H,16,18);1H. The minimum atomic E-state index is -0.403. The molecule has 0 radical (unpaired) electrons. The highest BCUT2D eigenvalue weighted by Crippen LogP contribution is 2.16. The van der Waals surface area contributed by atoms with E-state index in [4.69, 9.17) is 16.2 Å². The summed E-state index contributed by atoms with van der Waals surface area (Å²) in [7, 11) is 0. The Kier molecular flexibility index (Phi) is 8.35. The number of carbonyl (C=O) groups is 2. The van der Waals surface area contributed by atoms with E-state index in [1.807, 2.05) is 0 Å². The lowest BCUT2D eigenvalue weighted by molar-refractivity contribution is -0.118. The van der Waals surface area contributed by atoms with Crippen LogP contribution >= 0.6 is 12.4 Å². The second-order valence-electron chi connectivity index (χ2n) is 4.32. The smallest absolute Gasteiger partial charge is 0.225 e. The number of ether oxygens (including phenoxy) is 1. The molecular formula is C13H20ClN3O3. The normalized spacial score (nSPS) is 11.1. The summed E-state index contributed by atoms with van der Waals surface area (Å²) in [4.78, 5) is 22.0. The van der Waals surface area contributed by atoms with Gasteiger partial charge >= 0.3 is 0 Å². The molecule has 0 spiro atoms. The fraction of sp³-hybridized carbons (Fsp3) is 0.385. The Balaban J connectivity index is 0.00000361. The van der Waals surface area contributed by atoms with Crippen LogP contribution in [0.4, 0.5) is 5.69 Å². The molecule has 6 nitrogen and oxygen atoms in total. The van der Waals surface area contributed by atoms with Crippen LogP contribution in [0.15, 0.2) is 24.3 Å². The molecule has 0 saturated heterocycles. The van der Waals surface area contributed by atoms with Crippen molar-refractivity contribution in [2.75, 3.05) is 11.9 Å². The van der Waals surface area contributed by atoms with Crippen LogP contribution in [0.2, 0.25) is 0 Å². The number of benzene rings is 1. The van der Waals surface area contributed by atoms with Crippen molar-refractivity contribution in [1.29, 1.82) is 0 Å². The van der Waals surface area contributed by atoms with E-state index >= 15 is 0 Å². The van der Waals surface area contributed by atoms with Gasteiger partial charge in [-0.25, -0.2) is 0 Å². The zero-order valence-electron chi connectivity index (χ0n) is 11.3. The molecular weight excluding hydrogens is 282 g/mol. The van der Waals surface area contributed by atoms with E-state index in [9.17, 15) is 9.59 Å². The zero-order valence-corrected chi connectivity index (χ0v) is 12.1. The van der Waals surface area contributed by atoms with Crippen molar-refractivity contribution in [3.63, 3.8) is 0 Å². The van der Waals surface area contributed by atoms with Gasteiger partial charge < -0.3 is 21.5 Å². The first-order valence-corrected chi connectivity index (χ1v) is 6.04. The monoisotopic (exact) mass is 301 g/mol. The van der Waals surface area contributed by atoms with Crippen molar-refractivity contribution in [2.45, 2.75) is 25.8 Å². The van der Waals surface area contributed by atoms with Gasteiger partial charge in [0.15, 0.2) is 0 Å². The Bertz CT molecular complexity index is 435. The van der Waals surface area contributed by atoms with E-state index in [1.165, 1.54) is 0 Å². The zero-order chi connectivity index (χ0) is 14.3. The summed E-state index contributed by atoms with van der Waals surface area (Å²) in [6, 6.07) is 6.69. The van der Waals surface area contributed by atoms with Gasteiger partial charge in [-0.3, -0.25) is 9.59 Å². The number of primary amides is 1. The molecule has 0 aliphatic rings. The molecule has 1 aromatic rings. The summed E-state index contributed by atoms with van der Waals surface area (Å²) in [5.41, 5.74) is 11.2. The van der Waals surface area contributed by atoms with Crippen LogP contribution in [-0.4, -0.2) is 24.5 Å². The SMILES string of the molecule is CC(N)CC(=O)Nc1ccc(OCCC(N)=O)cc1.Cl. The van der Waals surface area contributed by atoms with Gasteiger partial charge in [-0.2, -0.15) is 0 Å². The number of nitrogens with two attached hydrogens (primary N) is 2. The Hall–Kier alpha value is -1.79. The van der Waals surface area contributed by atoms with Gasteiger partial charge in [0.05, 0.1) is 13.0 Å². The van der Waals surface area contributed by atoms with E-state index < -0.39 is 5.91 Å². The summed E-state index contributed by atoms with van der Waals surface area (Å²) in [5.74, 6) is 0.0867. The number of hydrogen-bond acceptors (Lipinski definition) is 4. The second-order valence-corrected chi connectivity index (χ2v) is 4.32. The quantitative estimate of drug-likeness (QED) is 0.699. The first kappa shape index (κ1) is 18.2. The molecule has 0 heterocycles. The number of halogens is 1. The van der Waals surface area contributed by atoms with Crippen LogP contribution in [0, 0.1) is 0 Å². The average molecular weight is 302 g/mol. The molecule has 0 aliphatic heterocycles. The average Bonchev–Trinajstić information content (AvgIpc) is 2.29. The Morgan fingerprint density at radius 2 is 1.90 bits per heavy atom. The van der Waals surface area contributed by atoms with Gasteiger partial charge in [-0.05, 0) is 31.2 Å². The predicted molar refractivity (Wildman–Crippen MR) is 79.9 cm³/mol. The number of rotatable bonds is 7. The summed E-state index contributed by atoms with van der Waals surface area (Å²) < 4.78 is 5.31. The largest absolute Gasteiger partial charge is 0.493 e. The molecule has 112 valence electrons. The fourth-order valence-electron chi connectivity index (χ4n) is 1.41. The fourth-order valence-corrected chi connectivity index (χ4v) is 1.41. The molecule has 0 fully saturated rings. The van der Waals surface area contributed by atoms with Crippen LogP contribution in [0.5, 0.6) is 5.75 Å². The number of anilines is 1. The highest BCUT2D eigenvalue weighted by Gasteiger charge is 2.05. The molecule has 0 bridgehead atoms. The lowest BCUT2D eigenvalue weighted by Gasteiger charge is -2.09. The number of amides is 2. The van der Waals surface area contributed by atoms with Gasteiger partial charge in [-0.1, -0.05) is 0 Å². The summed E-state index contributed by atoms with van der Waals surface area (Å²) in [5, 5.41) is 2.73. The van der Waals surface area contributed by atoms with Crippen LogP contribution in [-0.2, 0) is 9.59 Å². The van der Waals surface area contributed by atoms with Crippen LogP contribution in [0.1, 0.15) is 19.8 Å². The van der Waals surface area contributed by atoms with Crippen molar-refractivity contribution in [2.24, 2.45) is 11.5 Å². The molecule has 1 atom stereocenters. The molecule has 1 rings (SSSR count). The molecule has 5 N–H and O–H groups in total. The Morgan fingerprint density at radius 3 is 2.40 bits per heavy atom. The van der Waals surface area contributed by atoms with Crippen LogP contribution in [0.25, 0.3) is 0 Å². The Morgan fingerprint density at radius 1 is 1.30 bits per heavy atom. The highest BCUT2D eigenvalue weighted by atomic mass is 35.5. The topological polar surface area (TPSA) is 107 Å². The molecule has 20 heavy (non-hydrogen) atoms. The first-order chi connectivity index (χ1) is 8.97. The second kappa shape index (κ2) is 9.17. The van der Waals surface area contributed by atoms with Gasteiger partial charge in [0.25, 0.3) is 0 Å². The Labute approximate surface area is 124 Å². The van der Waals surface area contributed by atoms with E-state index in [1.54, 1.807) is 31.2 Å². The van der Waals surface area contributed by atoms with Crippen molar-refractivity contribution >= 4 is 29.9 Å². The number of carbonyl (C=O) groups excluding carboxylic acids is 2. The van der Waals surface area contributed by atoms with E-state index in [0.717, 1.165) is 0 Å². The van der Waals surface area contributed by atoms with Crippen molar-refractivity contribution < 1.29 is 14.3 Å². The molecule has 7 heteroatoms. The lowest BCUT2D eigenvalue weighted by Crippen LogP contribution is -2.23. The van der Waals surface area contributed by atoms with Gasteiger partial charge in [0, 0.05) is 18.2 Å². The maximum Gasteiger partial charge on any atom is 0.225 e. The van der Waals surface area contributed by atoms with E-state index in [-0.39, 0.29) is 43.8 Å². The molecule has 0 aliphatic carbocycles. The van der Waals surface area contributed by atoms with E-state index in [2.05, 4.69) is 5.32 Å². The molecule has 1 aromatic carbocycles. The van der Waals surface area contributed by atoms with Gasteiger partial charge in [0.2, 0.25) is 11.8 Å². The first-order valence-electron chi connectivity index (χ1n) is 6.04. The van der Waals surface area contributed by atoms with Crippen LogP contribution in [0.3, 0.4) is 0 Å². The minimum absolute atomic E-state index is 0. The lowest BCUT2D eigenvalue weighted by atomic mass is 10.2. The van der Waals surface area contributed by atoms with Crippen LogP contribution < -0.4 is 21.5 Å². The number of hydrogen-bond donors (Lipinski definition) is 3. The van der Waals surface area contributed by atoms with Crippen molar-refractivity contribution in [3.05, 3.63) is 24.3 Å². The molecule has 0 aromatic heterocycles. The number of nitrogens with one attached hydrogen (secondary N) is 1. The molecule has 0 saturated carbocycles. The summed E-state index contributed by atoms with van der Waals surface area (Å²) in [6.07, 6.45) is 0.448. The third-order valence-electron chi connectivity index (χ3n) is 2.26. The third-order valence-corrected chi connectivity index (χ3v) is 2.26. The highest BCUT2D eigenvalue weighted by molar-refractivity contribution is 5.91. The molecule has 2 amide bonds. The predicted octanol–water partition coefficient (Wildman–Crippen LogP) is 1.04. The third kappa shape index (κ3) is 7.60.